The number of nitrogens with zero attached hydrogens (tertiary/aromatic N) is 2. The lowest BCUT2D eigenvalue weighted by Gasteiger charge is -2.33. The van der Waals surface area contributed by atoms with E-state index in [1.54, 1.807) is 36.4 Å². The van der Waals surface area contributed by atoms with E-state index in [9.17, 15) is 18.0 Å². The molecule has 0 aliphatic carbocycles. The first-order valence-corrected chi connectivity index (χ1v) is 14.5. The van der Waals surface area contributed by atoms with E-state index in [4.69, 9.17) is 4.74 Å². The van der Waals surface area contributed by atoms with Crippen LogP contribution >= 0.6 is 0 Å². The van der Waals surface area contributed by atoms with Gasteiger partial charge in [0.1, 0.15) is 18.3 Å². The van der Waals surface area contributed by atoms with Crippen LogP contribution in [0.4, 0.5) is 5.69 Å². The Morgan fingerprint density at radius 1 is 0.949 bits per heavy atom. The Bertz CT molecular complexity index is 1340. The molecule has 8 nitrogen and oxygen atoms in total. The minimum absolute atomic E-state index is 0.0612. The van der Waals surface area contributed by atoms with E-state index in [1.165, 1.54) is 24.1 Å². The van der Waals surface area contributed by atoms with Crippen molar-refractivity contribution in [1.29, 1.82) is 0 Å². The van der Waals surface area contributed by atoms with Crippen LogP contribution in [-0.2, 0) is 26.2 Å². The molecule has 0 heterocycles. The number of methoxy groups -OCH3 is 1. The number of carbonyl (C=O) groups is 2. The van der Waals surface area contributed by atoms with Crippen molar-refractivity contribution in [2.75, 3.05) is 24.5 Å². The Morgan fingerprint density at radius 2 is 1.64 bits per heavy atom. The van der Waals surface area contributed by atoms with E-state index < -0.39 is 28.5 Å². The number of hydrogen-bond donors (Lipinski definition) is 1. The van der Waals surface area contributed by atoms with E-state index in [0.29, 0.717) is 18.7 Å². The van der Waals surface area contributed by atoms with Crippen LogP contribution in [0.1, 0.15) is 37.8 Å². The minimum Gasteiger partial charge on any atom is -0.497 e. The molecular formula is C30H37N3O5S. The first kappa shape index (κ1) is 29.7. The number of carbonyl (C=O) groups excluding carboxylic acids is 2. The summed E-state index contributed by atoms with van der Waals surface area (Å²) in [6, 6.07) is 21.6. The van der Waals surface area contributed by atoms with E-state index >= 15 is 0 Å². The fourth-order valence-corrected chi connectivity index (χ4v) is 5.60. The molecule has 0 unspecified atom stereocenters. The van der Waals surface area contributed by atoms with Gasteiger partial charge >= 0.3 is 0 Å². The lowest BCUT2D eigenvalue weighted by molar-refractivity contribution is -0.140. The molecule has 0 spiro atoms. The van der Waals surface area contributed by atoms with Crippen LogP contribution in [0.5, 0.6) is 5.75 Å². The molecule has 0 bridgehead atoms. The van der Waals surface area contributed by atoms with Crippen molar-refractivity contribution >= 4 is 27.5 Å². The number of hydrogen-bond acceptors (Lipinski definition) is 5. The van der Waals surface area contributed by atoms with Crippen LogP contribution in [0.25, 0.3) is 0 Å². The second-order valence-corrected chi connectivity index (χ2v) is 11.1. The SMILES string of the molecule is CCCNC(=O)[C@H](CC)N(Cc1ccccc1)C(=O)CN(c1cccc(OC)c1)S(=O)(=O)c1ccc(C)cc1. The van der Waals surface area contributed by atoms with Gasteiger partial charge in [0, 0.05) is 19.2 Å². The fourth-order valence-electron chi connectivity index (χ4n) is 4.20. The first-order chi connectivity index (χ1) is 18.7. The highest BCUT2D eigenvalue weighted by Gasteiger charge is 2.33. The molecule has 0 aromatic heterocycles. The van der Waals surface area contributed by atoms with Crippen molar-refractivity contribution < 1.29 is 22.7 Å². The molecule has 0 radical (unpaired) electrons. The van der Waals surface area contributed by atoms with E-state index in [0.717, 1.165) is 21.9 Å². The summed E-state index contributed by atoms with van der Waals surface area (Å²) < 4.78 is 34.2. The Labute approximate surface area is 231 Å². The lowest BCUT2D eigenvalue weighted by atomic mass is 10.1. The highest BCUT2D eigenvalue weighted by atomic mass is 32.2. The lowest BCUT2D eigenvalue weighted by Crippen LogP contribution is -2.52. The van der Waals surface area contributed by atoms with Crippen molar-refractivity contribution in [3.63, 3.8) is 0 Å². The molecule has 3 rings (SSSR count). The molecule has 0 fully saturated rings. The predicted octanol–water partition coefficient (Wildman–Crippen LogP) is 4.53. The predicted molar refractivity (Wildman–Crippen MR) is 153 cm³/mol. The zero-order chi connectivity index (χ0) is 28.4. The maximum atomic E-state index is 14.0. The van der Waals surface area contributed by atoms with Gasteiger partial charge in [0.15, 0.2) is 0 Å². The van der Waals surface area contributed by atoms with Gasteiger partial charge in [0.05, 0.1) is 17.7 Å². The number of rotatable bonds is 13. The van der Waals surface area contributed by atoms with Crippen LogP contribution in [0.2, 0.25) is 0 Å². The van der Waals surface area contributed by atoms with Crippen molar-refractivity contribution in [2.45, 2.75) is 51.1 Å². The smallest absolute Gasteiger partial charge is 0.264 e. The average Bonchev–Trinajstić information content (AvgIpc) is 2.95. The fraction of sp³-hybridized carbons (Fsp3) is 0.333. The molecule has 9 heteroatoms. The molecule has 208 valence electrons. The second kappa shape index (κ2) is 13.8. The molecule has 0 saturated carbocycles. The number of amides is 2. The maximum Gasteiger partial charge on any atom is 0.264 e. The number of aryl methyl sites for hydroxylation is 1. The highest BCUT2D eigenvalue weighted by Crippen LogP contribution is 2.28. The minimum atomic E-state index is -4.13. The van der Waals surface area contributed by atoms with E-state index in [1.807, 2.05) is 51.1 Å². The van der Waals surface area contributed by atoms with Gasteiger partial charge in [0.2, 0.25) is 11.8 Å². The van der Waals surface area contributed by atoms with Gasteiger partial charge in [-0.1, -0.05) is 67.9 Å². The van der Waals surface area contributed by atoms with E-state index in [-0.39, 0.29) is 23.0 Å². The topological polar surface area (TPSA) is 96.0 Å². The van der Waals surface area contributed by atoms with Crippen LogP contribution in [-0.4, -0.2) is 51.4 Å². The van der Waals surface area contributed by atoms with Gasteiger partial charge in [-0.25, -0.2) is 8.42 Å². The Morgan fingerprint density at radius 3 is 2.26 bits per heavy atom. The zero-order valence-corrected chi connectivity index (χ0v) is 23.8. The molecule has 0 saturated heterocycles. The molecule has 39 heavy (non-hydrogen) atoms. The summed E-state index contributed by atoms with van der Waals surface area (Å²) in [5.74, 6) is -0.301. The summed E-state index contributed by atoms with van der Waals surface area (Å²) in [6.07, 6.45) is 1.13. The van der Waals surface area contributed by atoms with Gasteiger partial charge in [-0.05, 0) is 49.6 Å². The second-order valence-electron chi connectivity index (χ2n) is 9.25. The third kappa shape index (κ3) is 7.60. The molecular weight excluding hydrogens is 514 g/mol. The molecule has 1 N–H and O–H groups in total. The summed E-state index contributed by atoms with van der Waals surface area (Å²) in [5.41, 5.74) is 2.03. The molecule has 1 atom stereocenters. The Balaban J connectivity index is 2.05. The Hall–Kier alpha value is -3.85. The average molecular weight is 552 g/mol. The summed E-state index contributed by atoms with van der Waals surface area (Å²) >= 11 is 0. The van der Waals surface area contributed by atoms with E-state index in [2.05, 4.69) is 5.32 Å². The maximum absolute atomic E-state index is 14.0. The van der Waals surface area contributed by atoms with Crippen molar-refractivity contribution in [2.24, 2.45) is 0 Å². The Kier molecular flexibility index (Phi) is 10.5. The highest BCUT2D eigenvalue weighted by molar-refractivity contribution is 7.92. The normalized spacial score (nSPS) is 11.9. The number of ether oxygens (including phenoxy) is 1. The van der Waals surface area contributed by atoms with Gasteiger partial charge < -0.3 is 15.0 Å². The summed E-state index contributed by atoms with van der Waals surface area (Å²) in [6.45, 7) is 5.82. The third-order valence-electron chi connectivity index (χ3n) is 6.36. The molecule has 0 aliphatic heterocycles. The van der Waals surface area contributed by atoms with Crippen molar-refractivity contribution in [3.8, 4) is 5.75 Å². The quantitative estimate of drug-likeness (QED) is 0.337. The number of sulfonamides is 1. The summed E-state index contributed by atoms with van der Waals surface area (Å²) in [5, 5.41) is 2.88. The van der Waals surface area contributed by atoms with Gasteiger partial charge in [-0.15, -0.1) is 0 Å². The van der Waals surface area contributed by atoms with Crippen LogP contribution in [0, 0.1) is 6.92 Å². The van der Waals surface area contributed by atoms with Gasteiger partial charge in [0.25, 0.3) is 10.0 Å². The van der Waals surface area contributed by atoms with Crippen molar-refractivity contribution in [1.82, 2.24) is 10.2 Å². The number of anilines is 1. The van der Waals surface area contributed by atoms with Crippen LogP contribution in [0.3, 0.4) is 0 Å². The number of benzene rings is 3. The molecule has 3 aromatic carbocycles. The number of nitrogens with one attached hydrogen (secondary N) is 1. The molecule has 0 aliphatic rings. The van der Waals surface area contributed by atoms with Gasteiger partial charge in [-0.2, -0.15) is 0 Å². The largest absolute Gasteiger partial charge is 0.497 e. The first-order valence-electron chi connectivity index (χ1n) is 13.1. The standard InChI is InChI=1S/C30H37N3O5S/c1-5-19-31-30(35)28(6-2)32(21-24-11-8-7-9-12-24)29(34)22-33(25-13-10-14-26(20-25)38-4)39(36,37)27-17-15-23(3)16-18-27/h7-18,20,28H,5-6,19,21-22H2,1-4H3,(H,31,35)/t28-/m0/s1. The summed E-state index contributed by atoms with van der Waals surface area (Å²) in [4.78, 5) is 28.6. The van der Waals surface area contributed by atoms with Crippen molar-refractivity contribution in [3.05, 3.63) is 90.0 Å². The van der Waals surface area contributed by atoms with Crippen LogP contribution in [0.15, 0.2) is 83.8 Å². The zero-order valence-electron chi connectivity index (χ0n) is 23.0. The monoisotopic (exact) mass is 551 g/mol. The third-order valence-corrected chi connectivity index (χ3v) is 8.15. The van der Waals surface area contributed by atoms with Gasteiger partial charge in [-0.3, -0.25) is 13.9 Å². The molecule has 3 aromatic rings. The van der Waals surface area contributed by atoms with Crippen LogP contribution < -0.4 is 14.4 Å². The summed E-state index contributed by atoms with van der Waals surface area (Å²) in [7, 11) is -2.64. The molecule has 2 amide bonds.